The number of ether oxygens (including phenoxy) is 1. The third kappa shape index (κ3) is 4.31. The minimum Gasteiger partial charge on any atom is -0.508 e. The third-order valence-electron chi connectivity index (χ3n) is 6.59. The maximum Gasteiger partial charge on any atom is 0.358 e. The molecular weight excluding hydrogens is 424 g/mol. The van der Waals surface area contributed by atoms with Crippen molar-refractivity contribution in [3.63, 3.8) is 0 Å². The van der Waals surface area contributed by atoms with Gasteiger partial charge < -0.3 is 15.2 Å². The van der Waals surface area contributed by atoms with E-state index in [-0.39, 0.29) is 42.2 Å². The molecule has 1 fully saturated rings. The molecule has 0 saturated heterocycles. The summed E-state index contributed by atoms with van der Waals surface area (Å²) in [4.78, 5) is 40.9. The van der Waals surface area contributed by atoms with Crippen LogP contribution in [0.5, 0.6) is 5.75 Å². The topological polar surface area (TPSA) is 114 Å². The molecule has 4 rings (SSSR count). The van der Waals surface area contributed by atoms with E-state index in [1.54, 1.807) is 26.0 Å². The van der Waals surface area contributed by atoms with Crippen molar-refractivity contribution in [2.24, 2.45) is 5.92 Å². The second kappa shape index (κ2) is 8.88. The fraction of sp³-hybridized carbons (Fsp3) is 0.500. The van der Waals surface area contributed by atoms with E-state index in [0.29, 0.717) is 11.6 Å². The lowest BCUT2D eigenvalue weighted by atomic mass is 9.86. The molecule has 2 amide bonds. The Morgan fingerprint density at radius 3 is 2.52 bits per heavy atom. The first-order valence-electron chi connectivity index (χ1n) is 11.4. The van der Waals surface area contributed by atoms with E-state index in [2.05, 4.69) is 17.3 Å². The highest BCUT2D eigenvalue weighted by Gasteiger charge is 2.49. The highest BCUT2D eigenvalue weighted by atomic mass is 16.5. The van der Waals surface area contributed by atoms with Gasteiger partial charge in [0, 0.05) is 17.8 Å². The van der Waals surface area contributed by atoms with Gasteiger partial charge in [-0.1, -0.05) is 6.92 Å². The number of amides is 2. The molecule has 1 aromatic heterocycles. The van der Waals surface area contributed by atoms with E-state index in [1.165, 1.54) is 27.8 Å². The summed E-state index contributed by atoms with van der Waals surface area (Å²) in [6.07, 6.45) is 3.90. The van der Waals surface area contributed by atoms with Gasteiger partial charge in [0.2, 0.25) is 5.91 Å². The predicted molar refractivity (Wildman–Crippen MR) is 121 cm³/mol. The first-order valence-corrected chi connectivity index (χ1v) is 11.4. The number of aromatic nitrogens is 2. The van der Waals surface area contributed by atoms with E-state index in [9.17, 15) is 19.5 Å². The molecular formula is C24H30N4O5. The number of nitrogens with zero attached hydrogens (tertiary/aromatic N) is 3. The number of anilines is 1. The molecule has 33 heavy (non-hydrogen) atoms. The van der Waals surface area contributed by atoms with Crippen LogP contribution in [0, 0.1) is 5.92 Å². The van der Waals surface area contributed by atoms with Crippen LogP contribution in [0.2, 0.25) is 0 Å². The van der Waals surface area contributed by atoms with Crippen LogP contribution in [0.3, 0.4) is 0 Å². The van der Waals surface area contributed by atoms with Crippen LogP contribution in [-0.2, 0) is 16.1 Å². The van der Waals surface area contributed by atoms with Gasteiger partial charge in [0.05, 0.1) is 13.2 Å². The number of benzene rings is 1. The highest BCUT2D eigenvalue weighted by Crippen LogP contribution is 2.34. The van der Waals surface area contributed by atoms with Crippen molar-refractivity contribution < 1.29 is 24.2 Å². The second-order valence-electron chi connectivity index (χ2n) is 9.15. The quantitative estimate of drug-likeness (QED) is 0.672. The molecule has 2 aliphatic rings. The zero-order chi connectivity index (χ0) is 23.8. The molecule has 0 spiro atoms. The molecule has 2 aromatic rings. The maximum absolute atomic E-state index is 13.6. The van der Waals surface area contributed by atoms with Crippen LogP contribution in [0.4, 0.5) is 5.69 Å². The molecule has 2 heterocycles. The van der Waals surface area contributed by atoms with Crippen molar-refractivity contribution in [2.45, 2.75) is 64.6 Å². The molecule has 2 N–H and O–H groups in total. The van der Waals surface area contributed by atoms with Crippen molar-refractivity contribution in [3.05, 3.63) is 41.7 Å². The van der Waals surface area contributed by atoms with Crippen molar-refractivity contribution in [2.75, 3.05) is 11.5 Å². The van der Waals surface area contributed by atoms with E-state index >= 15 is 0 Å². The summed E-state index contributed by atoms with van der Waals surface area (Å²) in [6.45, 7) is 5.87. The first kappa shape index (κ1) is 22.8. The lowest BCUT2D eigenvalue weighted by Gasteiger charge is -2.44. The molecule has 0 bridgehead atoms. The number of carbonyl (C=O) groups is 3. The second-order valence-corrected chi connectivity index (χ2v) is 9.15. The number of carbonyl (C=O) groups excluding carboxylic acids is 3. The summed E-state index contributed by atoms with van der Waals surface area (Å²) < 4.78 is 6.44. The first-order chi connectivity index (χ1) is 15.7. The van der Waals surface area contributed by atoms with Gasteiger partial charge in [0.15, 0.2) is 5.69 Å². The molecule has 1 aliphatic heterocycles. The fourth-order valence-corrected chi connectivity index (χ4v) is 4.64. The number of fused-ring (bicyclic) bond motifs is 1. The number of rotatable bonds is 5. The van der Waals surface area contributed by atoms with Crippen LogP contribution in [0.25, 0.3) is 0 Å². The van der Waals surface area contributed by atoms with Gasteiger partial charge in [-0.05, 0) is 69.7 Å². The lowest BCUT2D eigenvalue weighted by molar-refractivity contribution is -0.127. The molecule has 9 heteroatoms. The molecule has 9 nitrogen and oxygen atoms in total. The van der Waals surface area contributed by atoms with Crippen molar-refractivity contribution in [1.82, 2.24) is 15.1 Å². The Morgan fingerprint density at radius 1 is 1.21 bits per heavy atom. The fourth-order valence-electron chi connectivity index (χ4n) is 4.64. The lowest BCUT2D eigenvalue weighted by Crippen LogP contribution is -2.65. The van der Waals surface area contributed by atoms with Gasteiger partial charge in [0.1, 0.15) is 17.0 Å². The van der Waals surface area contributed by atoms with Gasteiger partial charge in [-0.3, -0.25) is 19.2 Å². The van der Waals surface area contributed by atoms with Gasteiger partial charge in [-0.25, -0.2) is 4.79 Å². The summed E-state index contributed by atoms with van der Waals surface area (Å²) in [5, 5.41) is 17.1. The average molecular weight is 455 g/mol. The number of hydrogen-bond acceptors (Lipinski definition) is 6. The Hall–Kier alpha value is -3.36. The summed E-state index contributed by atoms with van der Waals surface area (Å²) in [5.74, 6) is -0.648. The van der Waals surface area contributed by atoms with E-state index in [4.69, 9.17) is 4.74 Å². The van der Waals surface area contributed by atoms with Crippen molar-refractivity contribution in [1.29, 1.82) is 0 Å². The SMILES string of the molecule is CCOC(=O)c1cc2n(n1)C[C@@](C)(C(=O)NC1CCC(C)CC1)N(c1ccc(O)cc1)C2=O. The largest absolute Gasteiger partial charge is 0.508 e. The average Bonchev–Trinajstić information content (AvgIpc) is 3.21. The Balaban J connectivity index is 1.71. The zero-order valence-corrected chi connectivity index (χ0v) is 19.2. The summed E-state index contributed by atoms with van der Waals surface area (Å²) >= 11 is 0. The van der Waals surface area contributed by atoms with Crippen molar-refractivity contribution >= 4 is 23.5 Å². The number of phenolic OH excluding ortho intramolecular Hbond substituents is 1. The third-order valence-corrected chi connectivity index (χ3v) is 6.59. The Kier molecular flexibility index (Phi) is 6.14. The van der Waals surface area contributed by atoms with Gasteiger partial charge >= 0.3 is 5.97 Å². The maximum atomic E-state index is 13.6. The van der Waals surface area contributed by atoms with E-state index in [0.717, 1.165) is 25.7 Å². The predicted octanol–water partition coefficient (Wildman–Crippen LogP) is 2.88. The van der Waals surface area contributed by atoms with Crippen LogP contribution < -0.4 is 10.2 Å². The number of aromatic hydroxyl groups is 1. The monoisotopic (exact) mass is 454 g/mol. The number of nitrogens with one attached hydrogen (secondary N) is 1. The summed E-state index contributed by atoms with van der Waals surface area (Å²) in [5.41, 5.74) is -0.597. The molecule has 1 aliphatic carbocycles. The van der Waals surface area contributed by atoms with E-state index < -0.39 is 17.4 Å². The number of esters is 1. The molecule has 1 atom stereocenters. The normalized spacial score (nSPS) is 24.8. The minimum atomic E-state index is -1.29. The summed E-state index contributed by atoms with van der Waals surface area (Å²) in [7, 11) is 0. The molecule has 1 aromatic carbocycles. The molecule has 176 valence electrons. The zero-order valence-electron chi connectivity index (χ0n) is 19.2. The van der Waals surface area contributed by atoms with Crippen LogP contribution in [0.1, 0.15) is 67.4 Å². The van der Waals surface area contributed by atoms with Gasteiger partial charge in [0.25, 0.3) is 5.91 Å². The molecule has 0 radical (unpaired) electrons. The minimum absolute atomic E-state index is 0.0248. The Labute approximate surface area is 192 Å². The van der Waals surface area contributed by atoms with Crippen LogP contribution in [-0.4, -0.2) is 50.9 Å². The van der Waals surface area contributed by atoms with Gasteiger partial charge in [-0.15, -0.1) is 0 Å². The number of phenols is 1. The standard InChI is InChI=1S/C24H30N4O5/c1-4-33-22(31)19-13-20-21(30)28(17-9-11-18(29)12-10-17)24(3,14-27(20)26-19)23(32)25-16-7-5-15(2)6-8-16/h9-13,15-16,29H,4-8,14H2,1-3H3,(H,25,32)/t15?,16?,24-/m0/s1. The van der Waals surface area contributed by atoms with Crippen molar-refractivity contribution in [3.8, 4) is 5.75 Å². The van der Waals surface area contributed by atoms with Crippen LogP contribution in [0.15, 0.2) is 30.3 Å². The molecule has 0 unspecified atom stereocenters. The van der Waals surface area contributed by atoms with Crippen LogP contribution >= 0.6 is 0 Å². The van der Waals surface area contributed by atoms with E-state index in [1.807, 2.05) is 0 Å². The Bertz CT molecular complexity index is 1060. The van der Waals surface area contributed by atoms with Gasteiger partial charge in [-0.2, -0.15) is 5.10 Å². The molecule has 1 saturated carbocycles. The smallest absolute Gasteiger partial charge is 0.358 e. The Morgan fingerprint density at radius 2 is 1.88 bits per heavy atom. The number of hydrogen-bond donors (Lipinski definition) is 2. The highest BCUT2D eigenvalue weighted by molar-refractivity contribution is 6.12. The summed E-state index contributed by atoms with van der Waals surface area (Å²) in [6, 6.07) is 7.59.